The molecule has 2 bridgehead atoms. The molecule has 2 aliphatic rings. The van der Waals surface area contributed by atoms with E-state index in [-0.39, 0.29) is 11.8 Å². The minimum absolute atomic E-state index is 0.240. The van der Waals surface area contributed by atoms with Crippen LogP contribution in [0.4, 0.5) is 5.69 Å². The maximum atomic E-state index is 12.4. The highest BCUT2D eigenvalue weighted by atomic mass is 79.9. The lowest BCUT2D eigenvalue weighted by Crippen LogP contribution is -2.27. The molecule has 1 aromatic carbocycles. The van der Waals surface area contributed by atoms with Crippen molar-refractivity contribution in [2.24, 2.45) is 17.8 Å². The fourth-order valence-corrected chi connectivity index (χ4v) is 4.18. The van der Waals surface area contributed by atoms with Crippen LogP contribution in [0, 0.1) is 17.8 Å². The van der Waals surface area contributed by atoms with Crippen LogP contribution in [0.5, 0.6) is 0 Å². The van der Waals surface area contributed by atoms with Gasteiger partial charge in [0.2, 0.25) is 5.91 Å². The Labute approximate surface area is 123 Å². The van der Waals surface area contributed by atoms with Gasteiger partial charge >= 0.3 is 0 Å². The second kappa shape index (κ2) is 5.28. The monoisotopic (exact) mass is 321 g/mol. The molecular weight excluding hydrogens is 302 g/mol. The summed E-state index contributed by atoms with van der Waals surface area (Å²) < 4.78 is 1.07. The second-order valence-corrected chi connectivity index (χ2v) is 6.84. The second-order valence-electron chi connectivity index (χ2n) is 5.93. The van der Waals surface area contributed by atoms with Crippen LogP contribution in [0.3, 0.4) is 0 Å². The highest BCUT2D eigenvalue weighted by Crippen LogP contribution is 2.48. The average molecular weight is 322 g/mol. The van der Waals surface area contributed by atoms with Crippen molar-refractivity contribution in [3.63, 3.8) is 0 Å². The lowest BCUT2D eigenvalue weighted by Gasteiger charge is -2.21. The van der Waals surface area contributed by atoms with Crippen molar-refractivity contribution in [1.82, 2.24) is 0 Å². The number of fused-ring (bicyclic) bond motifs is 2. The highest BCUT2D eigenvalue weighted by Gasteiger charge is 2.43. The number of benzene rings is 1. The number of hydrogen-bond donors (Lipinski definition) is 1. The summed E-state index contributed by atoms with van der Waals surface area (Å²) in [5, 5.41) is 3.16. The molecule has 19 heavy (non-hydrogen) atoms. The standard InChI is InChI=1S/C16H20BrNO/c1-2-11-9-13(17)5-6-15(11)18-16(19)14-8-10-3-4-12(14)7-10/h5-6,9-10,12,14H,2-4,7-8H2,1H3,(H,18,19). The molecule has 1 N–H and O–H groups in total. The van der Waals surface area contributed by atoms with Gasteiger partial charge < -0.3 is 5.32 Å². The average Bonchev–Trinajstić information content (AvgIpc) is 3.03. The van der Waals surface area contributed by atoms with E-state index in [0.29, 0.717) is 5.92 Å². The van der Waals surface area contributed by atoms with Crippen LogP contribution in [0.2, 0.25) is 0 Å². The molecular formula is C16H20BrNO. The molecule has 0 radical (unpaired) electrons. The number of halogens is 1. The largest absolute Gasteiger partial charge is 0.326 e. The van der Waals surface area contributed by atoms with Crippen LogP contribution in [-0.2, 0) is 11.2 Å². The molecule has 1 aromatic rings. The molecule has 3 rings (SSSR count). The van der Waals surface area contributed by atoms with Gasteiger partial charge in [-0.25, -0.2) is 0 Å². The maximum absolute atomic E-state index is 12.4. The van der Waals surface area contributed by atoms with Gasteiger partial charge in [-0.1, -0.05) is 29.3 Å². The van der Waals surface area contributed by atoms with Gasteiger partial charge in [0, 0.05) is 16.1 Å². The number of rotatable bonds is 3. The molecule has 3 unspecified atom stereocenters. The first-order valence-corrected chi connectivity index (χ1v) is 8.06. The van der Waals surface area contributed by atoms with Crippen molar-refractivity contribution in [1.29, 1.82) is 0 Å². The fraction of sp³-hybridized carbons (Fsp3) is 0.562. The van der Waals surface area contributed by atoms with Gasteiger partial charge in [-0.2, -0.15) is 0 Å². The normalized spacial score (nSPS) is 28.6. The van der Waals surface area contributed by atoms with Crippen LogP contribution in [0.1, 0.15) is 38.2 Å². The van der Waals surface area contributed by atoms with Gasteiger partial charge in [0.25, 0.3) is 0 Å². The Bertz CT molecular complexity index is 500. The predicted molar refractivity (Wildman–Crippen MR) is 81.1 cm³/mol. The van der Waals surface area contributed by atoms with E-state index in [1.807, 2.05) is 12.1 Å². The van der Waals surface area contributed by atoms with Crippen LogP contribution >= 0.6 is 15.9 Å². The van der Waals surface area contributed by atoms with Gasteiger partial charge in [0.05, 0.1) is 0 Å². The number of carbonyl (C=O) groups excluding carboxylic acids is 1. The molecule has 1 amide bonds. The summed E-state index contributed by atoms with van der Waals surface area (Å²) in [5.41, 5.74) is 2.18. The summed E-state index contributed by atoms with van der Waals surface area (Å²) in [4.78, 5) is 12.4. The number of hydrogen-bond acceptors (Lipinski definition) is 1. The topological polar surface area (TPSA) is 29.1 Å². The van der Waals surface area contributed by atoms with Crippen LogP contribution in [0.15, 0.2) is 22.7 Å². The Morgan fingerprint density at radius 2 is 2.21 bits per heavy atom. The van der Waals surface area contributed by atoms with E-state index >= 15 is 0 Å². The smallest absolute Gasteiger partial charge is 0.227 e. The van der Waals surface area contributed by atoms with E-state index in [4.69, 9.17) is 0 Å². The van der Waals surface area contributed by atoms with Crippen molar-refractivity contribution in [3.8, 4) is 0 Å². The van der Waals surface area contributed by atoms with Crippen LogP contribution in [0.25, 0.3) is 0 Å². The van der Waals surface area contributed by atoms with E-state index in [9.17, 15) is 4.79 Å². The summed E-state index contributed by atoms with van der Waals surface area (Å²) in [7, 11) is 0. The third-order valence-corrected chi connectivity index (χ3v) is 5.27. The highest BCUT2D eigenvalue weighted by molar-refractivity contribution is 9.10. The number of nitrogens with one attached hydrogen (secondary N) is 1. The van der Waals surface area contributed by atoms with Gasteiger partial charge in [0.15, 0.2) is 0 Å². The van der Waals surface area contributed by atoms with Gasteiger partial charge in [-0.15, -0.1) is 0 Å². The zero-order valence-corrected chi connectivity index (χ0v) is 12.9. The first kappa shape index (κ1) is 13.2. The maximum Gasteiger partial charge on any atom is 0.227 e. The first-order valence-electron chi connectivity index (χ1n) is 7.26. The third kappa shape index (κ3) is 2.58. The summed E-state index contributed by atoms with van der Waals surface area (Å²) >= 11 is 3.48. The molecule has 3 atom stereocenters. The zero-order chi connectivity index (χ0) is 13.4. The molecule has 3 heteroatoms. The molecule has 102 valence electrons. The number of amides is 1. The summed E-state index contributed by atoms with van der Waals surface area (Å²) in [5.74, 6) is 1.96. The fourth-order valence-electron chi connectivity index (χ4n) is 3.77. The Hall–Kier alpha value is -0.830. The summed E-state index contributed by atoms with van der Waals surface area (Å²) in [6.07, 6.45) is 5.91. The summed E-state index contributed by atoms with van der Waals surface area (Å²) in [6.45, 7) is 2.12. The molecule has 0 aromatic heterocycles. The van der Waals surface area contributed by atoms with E-state index in [1.54, 1.807) is 0 Å². The molecule has 2 saturated carbocycles. The minimum Gasteiger partial charge on any atom is -0.326 e. The van der Waals surface area contributed by atoms with Crippen molar-refractivity contribution in [3.05, 3.63) is 28.2 Å². The molecule has 0 heterocycles. The van der Waals surface area contributed by atoms with E-state index in [1.165, 1.54) is 24.8 Å². The molecule has 2 fully saturated rings. The van der Waals surface area contributed by atoms with Crippen molar-refractivity contribution in [2.75, 3.05) is 5.32 Å². The van der Waals surface area contributed by atoms with Crippen molar-refractivity contribution < 1.29 is 4.79 Å². The van der Waals surface area contributed by atoms with Gasteiger partial charge in [-0.3, -0.25) is 4.79 Å². The lowest BCUT2D eigenvalue weighted by molar-refractivity contribution is -0.121. The zero-order valence-electron chi connectivity index (χ0n) is 11.3. The van der Waals surface area contributed by atoms with Crippen LogP contribution in [-0.4, -0.2) is 5.91 Å². The number of aryl methyl sites for hydroxylation is 1. The Kier molecular flexibility index (Phi) is 3.66. The number of anilines is 1. The molecule has 0 saturated heterocycles. The number of carbonyl (C=O) groups is 1. The Morgan fingerprint density at radius 1 is 1.37 bits per heavy atom. The lowest BCUT2D eigenvalue weighted by atomic mass is 9.88. The van der Waals surface area contributed by atoms with E-state index in [0.717, 1.165) is 28.9 Å². The SMILES string of the molecule is CCc1cc(Br)ccc1NC(=O)C1CC2CCC1C2. The minimum atomic E-state index is 0.240. The van der Waals surface area contributed by atoms with E-state index in [2.05, 4.69) is 34.2 Å². The third-order valence-electron chi connectivity index (χ3n) is 4.78. The van der Waals surface area contributed by atoms with Crippen LogP contribution < -0.4 is 5.32 Å². The van der Waals surface area contributed by atoms with E-state index < -0.39 is 0 Å². The van der Waals surface area contributed by atoms with Gasteiger partial charge in [-0.05, 0) is 61.3 Å². The Balaban J connectivity index is 1.73. The Morgan fingerprint density at radius 3 is 2.84 bits per heavy atom. The molecule has 2 nitrogen and oxygen atoms in total. The quantitative estimate of drug-likeness (QED) is 0.879. The summed E-state index contributed by atoms with van der Waals surface area (Å²) in [6, 6.07) is 6.10. The molecule has 0 aliphatic heterocycles. The molecule has 2 aliphatic carbocycles. The predicted octanol–water partition coefficient (Wildman–Crippen LogP) is 4.39. The molecule has 0 spiro atoms. The first-order chi connectivity index (χ1) is 9.17. The van der Waals surface area contributed by atoms with Crippen molar-refractivity contribution >= 4 is 27.5 Å². The van der Waals surface area contributed by atoms with Gasteiger partial charge in [0.1, 0.15) is 0 Å². The van der Waals surface area contributed by atoms with Crippen molar-refractivity contribution in [2.45, 2.75) is 39.0 Å².